The highest BCUT2D eigenvalue weighted by molar-refractivity contribution is 4.89. The van der Waals surface area contributed by atoms with E-state index in [1.807, 2.05) is 0 Å². The average Bonchev–Trinajstić information content (AvgIpc) is 1.98. The Morgan fingerprint density at radius 2 is 1.73 bits per heavy atom. The lowest BCUT2D eigenvalue weighted by Gasteiger charge is -2.45. The van der Waals surface area contributed by atoms with Gasteiger partial charge in [0, 0.05) is 11.5 Å². The second-order valence-electron chi connectivity index (χ2n) is 6.52. The van der Waals surface area contributed by atoms with Gasteiger partial charge >= 0.3 is 0 Å². The van der Waals surface area contributed by atoms with Gasteiger partial charge in [-0.1, -0.05) is 32.8 Å². The SMILES string of the molecule is CC1(C)CC(CCN=[N+]=[N-])CC(C)(C)C1. The molecule has 0 heterocycles. The summed E-state index contributed by atoms with van der Waals surface area (Å²) in [4.78, 5) is 2.82. The van der Waals surface area contributed by atoms with E-state index >= 15 is 0 Å². The van der Waals surface area contributed by atoms with Crippen molar-refractivity contribution in [3.05, 3.63) is 10.4 Å². The Labute approximate surface area is 92.9 Å². The van der Waals surface area contributed by atoms with Crippen LogP contribution < -0.4 is 0 Å². The lowest BCUT2D eigenvalue weighted by molar-refractivity contribution is 0.0650. The highest BCUT2D eigenvalue weighted by Gasteiger charge is 2.37. The fraction of sp³-hybridized carbons (Fsp3) is 1.00. The van der Waals surface area contributed by atoms with Gasteiger partial charge in [0.05, 0.1) is 0 Å². The quantitative estimate of drug-likeness (QED) is 0.372. The van der Waals surface area contributed by atoms with E-state index in [0.717, 1.165) is 12.3 Å². The van der Waals surface area contributed by atoms with E-state index in [2.05, 4.69) is 37.7 Å². The Morgan fingerprint density at radius 1 is 1.20 bits per heavy atom. The van der Waals surface area contributed by atoms with Crippen molar-refractivity contribution in [2.45, 2.75) is 53.4 Å². The van der Waals surface area contributed by atoms with Gasteiger partial charge < -0.3 is 0 Å². The van der Waals surface area contributed by atoms with Crippen LogP contribution in [0.25, 0.3) is 10.4 Å². The van der Waals surface area contributed by atoms with E-state index in [0.29, 0.717) is 17.4 Å². The molecule has 1 aliphatic rings. The molecular weight excluding hydrogens is 186 g/mol. The maximum atomic E-state index is 8.26. The van der Waals surface area contributed by atoms with Crippen LogP contribution in [0.15, 0.2) is 5.11 Å². The zero-order chi connectivity index (χ0) is 11.5. The van der Waals surface area contributed by atoms with Gasteiger partial charge in [0.15, 0.2) is 0 Å². The molecule has 0 amide bonds. The summed E-state index contributed by atoms with van der Waals surface area (Å²) in [5.41, 5.74) is 9.15. The first-order valence-electron chi connectivity index (χ1n) is 5.86. The smallest absolute Gasteiger partial charge is 0.0260 e. The van der Waals surface area contributed by atoms with Crippen molar-refractivity contribution in [1.82, 2.24) is 0 Å². The second-order valence-corrected chi connectivity index (χ2v) is 6.52. The van der Waals surface area contributed by atoms with E-state index in [9.17, 15) is 0 Å². The fourth-order valence-corrected chi connectivity index (χ4v) is 3.56. The molecular formula is C12H23N3. The number of rotatable bonds is 3. The Hall–Kier alpha value is -0.690. The molecule has 0 atom stereocenters. The number of nitrogens with zero attached hydrogens (tertiary/aromatic N) is 3. The summed E-state index contributed by atoms with van der Waals surface area (Å²) in [5.74, 6) is 0.731. The minimum absolute atomic E-state index is 0.447. The van der Waals surface area contributed by atoms with Crippen LogP contribution in [-0.2, 0) is 0 Å². The van der Waals surface area contributed by atoms with E-state index < -0.39 is 0 Å². The highest BCUT2D eigenvalue weighted by atomic mass is 15.1. The molecule has 0 aromatic heterocycles. The van der Waals surface area contributed by atoms with Crippen LogP contribution in [0.4, 0.5) is 0 Å². The maximum absolute atomic E-state index is 8.26. The first-order chi connectivity index (χ1) is 6.85. The minimum atomic E-state index is 0.447. The Bertz CT molecular complexity index is 246. The topological polar surface area (TPSA) is 48.8 Å². The Balaban J connectivity index is 2.55. The highest BCUT2D eigenvalue weighted by Crippen LogP contribution is 2.49. The molecule has 0 spiro atoms. The fourth-order valence-electron chi connectivity index (χ4n) is 3.56. The first-order valence-corrected chi connectivity index (χ1v) is 5.86. The van der Waals surface area contributed by atoms with Crippen LogP contribution in [0.5, 0.6) is 0 Å². The number of hydrogen-bond donors (Lipinski definition) is 0. The molecule has 0 bridgehead atoms. The van der Waals surface area contributed by atoms with Crippen LogP contribution in [0.2, 0.25) is 0 Å². The summed E-state index contributed by atoms with van der Waals surface area (Å²) in [7, 11) is 0. The predicted molar refractivity (Wildman–Crippen MR) is 63.5 cm³/mol. The summed E-state index contributed by atoms with van der Waals surface area (Å²) in [6.45, 7) is 10.1. The van der Waals surface area contributed by atoms with Crippen molar-refractivity contribution in [2.24, 2.45) is 21.9 Å². The van der Waals surface area contributed by atoms with Gasteiger partial charge in [0.25, 0.3) is 0 Å². The first kappa shape index (κ1) is 12.4. The third-order valence-electron chi connectivity index (χ3n) is 3.34. The Kier molecular flexibility index (Phi) is 3.67. The lowest BCUT2D eigenvalue weighted by atomic mass is 9.61. The van der Waals surface area contributed by atoms with Gasteiger partial charge in [-0.2, -0.15) is 0 Å². The third-order valence-corrected chi connectivity index (χ3v) is 3.34. The standard InChI is InChI=1S/C12H23N3/c1-11(2)7-10(5-6-14-15-13)8-12(3,4)9-11/h10H,5-9H2,1-4H3. The summed E-state index contributed by atoms with van der Waals surface area (Å²) in [6, 6.07) is 0. The molecule has 1 saturated carbocycles. The van der Waals surface area contributed by atoms with E-state index in [1.165, 1.54) is 19.3 Å². The van der Waals surface area contributed by atoms with E-state index in [4.69, 9.17) is 5.53 Å². The monoisotopic (exact) mass is 209 g/mol. The van der Waals surface area contributed by atoms with Gasteiger partial charge in [-0.25, -0.2) is 0 Å². The van der Waals surface area contributed by atoms with Crippen LogP contribution >= 0.6 is 0 Å². The van der Waals surface area contributed by atoms with Crippen LogP contribution in [-0.4, -0.2) is 6.54 Å². The second kappa shape index (κ2) is 4.44. The van der Waals surface area contributed by atoms with Crippen molar-refractivity contribution in [1.29, 1.82) is 0 Å². The third kappa shape index (κ3) is 4.13. The molecule has 0 aromatic rings. The molecule has 15 heavy (non-hydrogen) atoms. The van der Waals surface area contributed by atoms with Crippen LogP contribution in [0.1, 0.15) is 53.4 Å². The maximum Gasteiger partial charge on any atom is 0.0260 e. The molecule has 0 radical (unpaired) electrons. The van der Waals surface area contributed by atoms with Crippen molar-refractivity contribution < 1.29 is 0 Å². The summed E-state index contributed by atoms with van der Waals surface area (Å²) in [5, 5.41) is 3.64. The van der Waals surface area contributed by atoms with Gasteiger partial charge in [-0.3, -0.25) is 0 Å². The van der Waals surface area contributed by atoms with Gasteiger partial charge in [0.2, 0.25) is 0 Å². The molecule has 0 saturated heterocycles. The molecule has 3 nitrogen and oxygen atoms in total. The Morgan fingerprint density at radius 3 is 2.20 bits per heavy atom. The molecule has 0 N–H and O–H groups in total. The largest absolute Gasteiger partial charge is 0.0940 e. The molecule has 1 fully saturated rings. The summed E-state index contributed by atoms with van der Waals surface area (Å²) >= 11 is 0. The molecule has 86 valence electrons. The van der Waals surface area contributed by atoms with E-state index in [1.54, 1.807) is 0 Å². The predicted octanol–water partition coefficient (Wildman–Crippen LogP) is 4.54. The van der Waals surface area contributed by atoms with Crippen LogP contribution in [0.3, 0.4) is 0 Å². The molecule has 1 rings (SSSR count). The summed E-state index contributed by atoms with van der Waals surface area (Å²) in [6.07, 6.45) is 4.91. The zero-order valence-electron chi connectivity index (χ0n) is 10.5. The normalized spacial score (nSPS) is 24.5. The number of azide groups is 1. The minimum Gasteiger partial charge on any atom is -0.0940 e. The molecule has 0 aromatic carbocycles. The van der Waals surface area contributed by atoms with Gasteiger partial charge in [-0.15, -0.1) is 0 Å². The molecule has 1 aliphatic carbocycles. The van der Waals surface area contributed by atoms with Crippen molar-refractivity contribution in [3.8, 4) is 0 Å². The van der Waals surface area contributed by atoms with Crippen molar-refractivity contribution >= 4 is 0 Å². The lowest BCUT2D eigenvalue weighted by Crippen LogP contribution is -2.34. The number of hydrogen-bond acceptors (Lipinski definition) is 1. The molecule has 0 unspecified atom stereocenters. The van der Waals surface area contributed by atoms with Gasteiger partial charge in [-0.05, 0) is 48.0 Å². The van der Waals surface area contributed by atoms with E-state index in [-0.39, 0.29) is 0 Å². The van der Waals surface area contributed by atoms with Crippen molar-refractivity contribution in [3.63, 3.8) is 0 Å². The summed E-state index contributed by atoms with van der Waals surface area (Å²) < 4.78 is 0. The zero-order valence-corrected chi connectivity index (χ0v) is 10.5. The molecule has 0 aliphatic heterocycles. The molecule has 3 heteroatoms. The van der Waals surface area contributed by atoms with Gasteiger partial charge in [0.1, 0.15) is 0 Å². The van der Waals surface area contributed by atoms with Crippen LogP contribution in [0, 0.1) is 16.7 Å². The van der Waals surface area contributed by atoms with Crippen molar-refractivity contribution in [2.75, 3.05) is 6.54 Å². The average molecular weight is 209 g/mol.